The maximum atomic E-state index is 10.6. The van der Waals surface area contributed by atoms with Crippen LogP contribution in [0.25, 0.3) is 0 Å². The van der Waals surface area contributed by atoms with E-state index < -0.39 is 0 Å². The fourth-order valence-electron chi connectivity index (χ4n) is 1.12. The van der Waals surface area contributed by atoms with Crippen LogP contribution in [0.4, 0.5) is 0 Å². The summed E-state index contributed by atoms with van der Waals surface area (Å²) in [5.74, 6) is 0.243. The van der Waals surface area contributed by atoms with Gasteiger partial charge >= 0.3 is 0 Å². The zero-order valence-corrected chi connectivity index (χ0v) is 9.39. The van der Waals surface area contributed by atoms with Gasteiger partial charge in [0.15, 0.2) is 0 Å². The Morgan fingerprint density at radius 3 is 2.31 bits per heavy atom. The molecule has 1 nitrogen and oxygen atoms in total. The van der Waals surface area contributed by atoms with Crippen molar-refractivity contribution in [3.63, 3.8) is 0 Å². The number of Topliss-reactive ketones (excluding diaryl/α,β-unsaturated/α-hetero) is 1. The molecule has 0 spiro atoms. The van der Waals surface area contributed by atoms with Crippen molar-refractivity contribution in [3.05, 3.63) is 12.2 Å². The molecule has 0 saturated heterocycles. The Hall–Kier alpha value is -0.590. The Labute approximate surface area is 82.2 Å². The lowest BCUT2D eigenvalue weighted by molar-refractivity contribution is -0.116. The second-order valence-corrected chi connectivity index (χ2v) is 4.83. The summed E-state index contributed by atoms with van der Waals surface area (Å²) in [4.78, 5) is 10.6. The van der Waals surface area contributed by atoms with Crippen molar-refractivity contribution in [3.8, 4) is 0 Å². The molecule has 0 unspecified atom stereocenters. The van der Waals surface area contributed by atoms with Crippen molar-refractivity contribution in [2.45, 2.75) is 53.4 Å². The summed E-state index contributed by atoms with van der Waals surface area (Å²) < 4.78 is 0. The van der Waals surface area contributed by atoms with Gasteiger partial charge in [0.25, 0.3) is 0 Å². The van der Waals surface area contributed by atoms with Crippen molar-refractivity contribution in [2.75, 3.05) is 0 Å². The third kappa shape index (κ3) is 11.4. The number of allylic oxidation sites excluding steroid dienone is 2. The lowest BCUT2D eigenvalue weighted by Crippen LogP contribution is -2.03. The molecule has 0 rings (SSSR count). The molecular weight excluding hydrogens is 160 g/mol. The Morgan fingerprint density at radius 1 is 1.23 bits per heavy atom. The minimum atomic E-state index is 0.243. The van der Waals surface area contributed by atoms with Gasteiger partial charge in [-0.15, -0.1) is 0 Å². The summed E-state index contributed by atoms with van der Waals surface area (Å²) in [6, 6.07) is 0. The molecule has 0 aliphatic carbocycles. The van der Waals surface area contributed by atoms with Gasteiger partial charge in [-0.1, -0.05) is 32.9 Å². The predicted molar refractivity (Wildman–Crippen MR) is 57.7 cm³/mol. The smallest absolute Gasteiger partial charge is 0.133 e. The zero-order chi connectivity index (χ0) is 10.3. The van der Waals surface area contributed by atoms with E-state index in [1.807, 2.05) is 6.08 Å². The number of unbranched alkanes of at least 4 members (excludes halogenated alkanes) is 1. The molecular formula is C12H22O. The van der Waals surface area contributed by atoms with Crippen LogP contribution in [0.15, 0.2) is 12.2 Å². The summed E-state index contributed by atoms with van der Waals surface area (Å²) >= 11 is 0. The maximum Gasteiger partial charge on any atom is 0.133 e. The van der Waals surface area contributed by atoms with Crippen LogP contribution >= 0.6 is 0 Å². The highest BCUT2D eigenvalue weighted by Gasteiger charge is 2.07. The summed E-state index contributed by atoms with van der Waals surface area (Å²) in [5, 5.41) is 0. The molecule has 0 saturated carbocycles. The van der Waals surface area contributed by atoms with E-state index in [0.717, 1.165) is 6.42 Å². The molecule has 0 aliphatic heterocycles. The molecule has 0 aliphatic rings. The molecule has 0 aromatic heterocycles. The van der Waals surface area contributed by atoms with Gasteiger partial charge in [-0.3, -0.25) is 4.79 Å². The van der Waals surface area contributed by atoms with Crippen molar-refractivity contribution < 1.29 is 4.79 Å². The molecule has 0 aromatic rings. The number of hydrogen-bond donors (Lipinski definition) is 0. The van der Waals surface area contributed by atoms with Crippen LogP contribution in [0.1, 0.15) is 53.4 Å². The van der Waals surface area contributed by atoms with E-state index in [9.17, 15) is 4.79 Å². The van der Waals surface area contributed by atoms with Gasteiger partial charge in [0, 0.05) is 6.42 Å². The van der Waals surface area contributed by atoms with Crippen LogP contribution in [0.3, 0.4) is 0 Å². The Balaban J connectivity index is 3.36. The average Bonchev–Trinajstić information content (AvgIpc) is 1.93. The lowest BCUT2D eigenvalue weighted by atomic mass is 9.90. The van der Waals surface area contributed by atoms with Crippen LogP contribution in [-0.4, -0.2) is 5.78 Å². The number of ketones is 1. The molecule has 0 heterocycles. The van der Waals surface area contributed by atoms with E-state index in [1.165, 1.54) is 12.8 Å². The molecule has 0 radical (unpaired) electrons. The largest absolute Gasteiger partial charge is 0.300 e. The van der Waals surface area contributed by atoms with Gasteiger partial charge in [0.1, 0.15) is 5.78 Å². The third-order valence-corrected chi connectivity index (χ3v) is 1.87. The standard InChI is InChI=1S/C12H22O/c1-11(13)9-7-5-6-8-10-12(2,3)4/h5,7H,6,8-10H2,1-4H3/b7-5+. The summed E-state index contributed by atoms with van der Waals surface area (Å²) in [5.41, 5.74) is 0.439. The number of carbonyl (C=O) groups excluding carboxylic acids is 1. The van der Waals surface area contributed by atoms with Crippen molar-refractivity contribution in [2.24, 2.45) is 5.41 Å². The minimum absolute atomic E-state index is 0.243. The molecule has 0 fully saturated rings. The predicted octanol–water partition coefficient (Wildman–Crippen LogP) is 3.74. The van der Waals surface area contributed by atoms with Crippen molar-refractivity contribution in [1.29, 1.82) is 0 Å². The normalized spacial score (nSPS) is 12.3. The molecule has 1 heteroatoms. The van der Waals surface area contributed by atoms with E-state index in [0.29, 0.717) is 11.8 Å². The van der Waals surface area contributed by atoms with Gasteiger partial charge in [-0.2, -0.15) is 0 Å². The zero-order valence-electron chi connectivity index (χ0n) is 9.39. The average molecular weight is 182 g/mol. The molecule has 0 bridgehead atoms. The monoisotopic (exact) mass is 182 g/mol. The van der Waals surface area contributed by atoms with Crippen LogP contribution in [0.5, 0.6) is 0 Å². The molecule has 0 atom stereocenters. The van der Waals surface area contributed by atoms with E-state index in [2.05, 4.69) is 26.8 Å². The highest BCUT2D eigenvalue weighted by atomic mass is 16.1. The second kappa shape index (κ2) is 5.95. The summed E-state index contributed by atoms with van der Waals surface area (Å²) in [6.07, 6.45) is 8.26. The Kier molecular flexibility index (Phi) is 5.68. The van der Waals surface area contributed by atoms with E-state index in [4.69, 9.17) is 0 Å². The second-order valence-electron chi connectivity index (χ2n) is 4.83. The fraction of sp³-hybridized carbons (Fsp3) is 0.750. The maximum absolute atomic E-state index is 10.6. The van der Waals surface area contributed by atoms with Crippen LogP contribution < -0.4 is 0 Å². The quantitative estimate of drug-likeness (QED) is 0.467. The van der Waals surface area contributed by atoms with E-state index >= 15 is 0 Å². The number of rotatable bonds is 5. The van der Waals surface area contributed by atoms with E-state index in [-0.39, 0.29) is 5.78 Å². The first-order chi connectivity index (χ1) is 5.92. The van der Waals surface area contributed by atoms with E-state index in [1.54, 1.807) is 6.92 Å². The first-order valence-electron chi connectivity index (χ1n) is 5.06. The Morgan fingerprint density at radius 2 is 1.85 bits per heavy atom. The van der Waals surface area contributed by atoms with Gasteiger partial charge in [-0.25, -0.2) is 0 Å². The van der Waals surface area contributed by atoms with Crippen LogP contribution in [0.2, 0.25) is 0 Å². The molecule has 0 aromatic carbocycles. The topological polar surface area (TPSA) is 17.1 Å². The van der Waals surface area contributed by atoms with Crippen molar-refractivity contribution >= 4 is 5.78 Å². The summed E-state index contributed by atoms with van der Waals surface area (Å²) in [6.45, 7) is 8.39. The van der Waals surface area contributed by atoms with Gasteiger partial charge in [0.05, 0.1) is 0 Å². The SMILES string of the molecule is CC(=O)C/C=C/CCCC(C)(C)C. The highest BCUT2D eigenvalue weighted by Crippen LogP contribution is 2.21. The van der Waals surface area contributed by atoms with Crippen LogP contribution in [-0.2, 0) is 4.79 Å². The molecule has 0 N–H and O–H groups in total. The van der Waals surface area contributed by atoms with Gasteiger partial charge < -0.3 is 0 Å². The first kappa shape index (κ1) is 12.4. The first-order valence-corrected chi connectivity index (χ1v) is 5.06. The molecule has 0 amide bonds. The fourth-order valence-corrected chi connectivity index (χ4v) is 1.12. The number of carbonyl (C=O) groups is 1. The highest BCUT2D eigenvalue weighted by molar-refractivity contribution is 5.76. The van der Waals surface area contributed by atoms with Gasteiger partial charge in [0.2, 0.25) is 0 Å². The van der Waals surface area contributed by atoms with Crippen LogP contribution in [0, 0.1) is 5.41 Å². The lowest BCUT2D eigenvalue weighted by Gasteiger charge is -2.16. The summed E-state index contributed by atoms with van der Waals surface area (Å²) in [7, 11) is 0. The molecule has 13 heavy (non-hydrogen) atoms. The molecule has 76 valence electrons. The van der Waals surface area contributed by atoms with Gasteiger partial charge in [-0.05, 0) is 31.6 Å². The van der Waals surface area contributed by atoms with Crippen molar-refractivity contribution in [1.82, 2.24) is 0 Å². The number of hydrogen-bond acceptors (Lipinski definition) is 1. The minimum Gasteiger partial charge on any atom is -0.300 e. The Bertz CT molecular complexity index is 172. The third-order valence-electron chi connectivity index (χ3n) is 1.87.